The quantitative estimate of drug-likeness (QED) is 0.601. The van der Waals surface area contributed by atoms with E-state index in [1.807, 2.05) is 12.1 Å². The van der Waals surface area contributed by atoms with Gasteiger partial charge in [0.2, 0.25) is 0 Å². The Morgan fingerprint density at radius 1 is 1.24 bits per heavy atom. The zero-order valence-corrected chi connectivity index (χ0v) is 11.9. The van der Waals surface area contributed by atoms with Gasteiger partial charge in [0.05, 0.1) is 0 Å². The van der Waals surface area contributed by atoms with Crippen LogP contribution in [0.1, 0.15) is 24.8 Å². The fraction of sp³-hybridized carbons (Fsp3) is 0.538. The third kappa shape index (κ3) is 6.05. The third-order valence-corrected chi connectivity index (χ3v) is 3.09. The van der Waals surface area contributed by atoms with Crippen LogP contribution in [0.4, 0.5) is 5.69 Å². The van der Waals surface area contributed by atoms with Crippen molar-refractivity contribution in [2.75, 3.05) is 25.9 Å². The van der Waals surface area contributed by atoms with Crippen molar-refractivity contribution in [2.45, 2.75) is 25.8 Å². The van der Waals surface area contributed by atoms with Crippen molar-refractivity contribution in [3.63, 3.8) is 0 Å². The molecular weight excluding hydrogens is 280 g/mol. The molecule has 0 saturated carbocycles. The van der Waals surface area contributed by atoms with Gasteiger partial charge in [-0.1, -0.05) is 15.9 Å². The molecule has 0 atom stereocenters. The van der Waals surface area contributed by atoms with E-state index in [9.17, 15) is 0 Å². The highest BCUT2D eigenvalue weighted by molar-refractivity contribution is 9.10. The second kappa shape index (κ2) is 7.69. The van der Waals surface area contributed by atoms with E-state index in [1.165, 1.54) is 5.56 Å². The SMILES string of the molecule is CN(CCCCCO)Cc1cc(N)cc(Br)c1. The summed E-state index contributed by atoms with van der Waals surface area (Å²) < 4.78 is 1.03. The van der Waals surface area contributed by atoms with Gasteiger partial charge < -0.3 is 15.7 Å². The second-order valence-corrected chi connectivity index (χ2v) is 5.33. The number of rotatable bonds is 7. The number of nitrogens with two attached hydrogens (primary N) is 1. The van der Waals surface area contributed by atoms with E-state index in [0.717, 1.165) is 42.5 Å². The van der Waals surface area contributed by atoms with E-state index < -0.39 is 0 Å². The number of anilines is 1. The van der Waals surface area contributed by atoms with Gasteiger partial charge in [0.1, 0.15) is 0 Å². The molecule has 3 N–H and O–H groups in total. The number of aliphatic hydroxyl groups excluding tert-OH is 1. The molecule has 96 valence electrons. The van der Waals surface area contributed by atoms with Gasteiger partial charge in [-0.2, -0.15) is 0 Å². The molecule has 0 aromatic heterocycles. The molecule has 0 heterocycles. The Labute approximate surface area is 112 Å². The van der Waals surface area contributed by atoms with Gasteiger partial charge in [0, 0.05) is 23.3 Å². The average Bonchev–Trinajstić information content (AvgIpc) is 2.23. The molecule has 17 heavy (non-hydrogen) atoms. The summed E-state index contributed by atoms with van der Waals surface area (Å²) in [7, 11) is 2.11. The Bertz CT molecular complexity index is 324. The van der Waals surface area contributed by atoms with Crippen LogP contribution in [-0.4, -0.2) is 30.2 Å². The molecular formula is C13H21BrN2O. The maximum absolute atomic E-state index is 8.70. The summed E-state index contributed by atoms with van der Waals surface area (Å²) in [5, 5.41) is 8.70. The number of halogens is 1. The number of nitrogen functional groups attached to an aromatic ring is 1. The molecule has 1 aromatic rings. The highest BCUT2D eigenvalue weighted by Gasteiger charge is 2.02. The molecule has 0 radical (unpaired) electrons. The molecule has 4 heteroatoms. The molecule has 1 rings (SSSR count). The number of aliphatic hydroxyl groups is 1. The van der Waals surface area contributed by atoms with Gasteiger partial charge in [0.25, 0.3) is 0 Å². The molecule has 0 aliphatic rings. The Balaban J connectivity index is 2.36. The van der Waals surface area contributed by atoms with Gasteiger partial charge in [0.15, 0.2) is 0 Å². The molecule has 3 nitrogen and oxygen atoms in total. The normalized spacial score (nSPS) is 11.1. The highest BCUT2D eigenvalue weighted by Crippen LogP contribution is 2.18. The van der Waals surface area contributed by atoms with Gasteiger partial charge in [-0.05, 0) is 56.6 Å². The van der Waals surface area contributed by atoms with E-state index in [4.69, 9.17) is 10.8 Å². The molecule has 0 saturated heterocycles. The molecule has 0 amide bonds. The number of nitrogens with zero attached hydrogens (tertiary/aromatic N) is 1. The molecule has 0 spiro atoms. The summed E-state index contributed by atoms with van der Waals surface area (Å²) in [6.07, 6.45) is 3.11. The zero-order valence-electron chi connectivity index (χ0n) is 10.3. The molecule has 0 bridgehead atoms. The first kappa shape index (κ1) is 14.5. The minimum atomic E-state index is 0.297. The summed E-state index contributed by atoms with van der Waals surface area (Å²) in [6.45, 7) is 2.25. The summed E-state index contributed by atoms with van der Waals surface area (Å²) >= 11 is 3.45. The van der Waals surface area contributed by atoms with E-state index in [2.05, 4.69) is 33.9 Å². The van der Waals surface area contributed by atoms with Crippen molar-refractivity contribution in [1.29, 1.82) is 0 Å². The second-order valence-electron chi connectivity index (χ2n) is 4.41. The van der Waals surface area contributed by atoms with Crippen molar-refractivity contribution < 1.29 is 5.11 Å². The van der Waals surface area contributed by atoms with Crippen molar-refractivity contribution >= 4 is 21.6 Å². The lowest BCUT2D eigenvalue weighted by molar-refractivity contribution is 0.271. The number of unbranched alkanes of at least 4 members (excludes halogenated alkanes) is 2. The van der Waals surface area contributed by atoms with E-state index in [1.54, 1.807) is 0 Å². The Kier molecular flexibility index (Phi) is 6.55. The van der Waals surface area contributed by atoms with E-state index >= 15 is 0 Å². The van der Waals surface area contributed by atoms with Crippen molar-refractivity contribution in [3.05, 3.63) is 28.2 Å². The minimum Gasteiger partial charge on any atom is -0.399 e. The van der Waals surface area contributed by atoms with Crippen LogP contribution in [0.25, 0.3) is 0 Å². The van der Waals surface area contributed by atoms with Crippen LogP contribution in [0.2, 0.25) is 0 Å². The van der Waals surface area contributed by atoms with Crippen molar-refractivity contribution in [3.8, 4) is 0 Å². The summed E-state index contributed by atoms with van der Waals surface area (Å²) in [5.41, 5.74) is 7.82. The number of hydrogen-bond acceptors (Lipinski definition) is 3. The van der Waals surface area contributed by atoms with Crippen molar-refractivity contribution in [2.24, 2.45) is 0 Å². The largest absolute Gasteiger partial charge is 0.399 e. The topological polar surface area (TPSA) is 49.5 Å². The Morgan fingerprint density at radius 2 is 2.00 bits per heavy atom. The molecule has 0 aliphatic heterocycles. The summed E-state index contributed by atoms with van der Waals surface area (Å²) in [6, 6.07) is 6.01. The van der Waals surface area contributed by atoms with Gasteiger partial charge >= 0.3 is 0 Å². The smallest absolute Gasteiger partial charge is 0.0431 e. The van der Waals surface area contributed by atoms with Crippen LogP contribution in [0.15, 0.2) is 22.7 Å². The van der Waals surface area contributed by atoms with Crippen LogP contribution in [-0.2, 0) is 6.54 Å². The van der Waals surface area contributed by atoms with Crippen LogP contribution < -0.4 is 5.73 Å². The van der Waals surface area contributed by atoms with E-state index in [-0.39, 0.29) is 0 Å². The molecule has 1 aromatic carbocycles. The lowest BCUT2D eigenvalue weighted by Gasteiger charge is -2.17. The first-order valence-corrected chi connectivity index (χ1v) is 6.75. The van der Waals surface area contributed by atoms with Crippen molar-refractivity contribution in [1.82, 2.24) is 4.90 Å². The zero-order chi connectivity index (χ0) is 12.7. The first-order chi connectivity index (χ1) is 8.11. The fourth-order valence-corrected chi connectivity index (χ4v) is 2.39. The van der Waals surface area contributed by atoms with Crippen LogP contribution in [0.5, 0.6) is 0 Å². The van der Waals surface area contributed by atoms with Gasteiger partial charge in [-0.15, -0.1) is 0 Å². The van der Waals surface area contributed by atoms with Gasteiger partial charge in [-0.3, -0.25) is 0 Å². The van der Waals surface area contributed by atoms with Gasteiger partial charge in [-0.25, -0.2) is 0 Å². The maximum atomic E-state index is 8.70. The lowest BCUT2D eigenvalue weighted by atomic mass is 10.2. The molecule has 0 aliphatic carbocycles. The molecule has 0 fully saturated rings. The Hall–Kier alpha value is -0.580. The van der Waals surface area contributed by atoms with Crippen LogP contribution in [0.3, 0.4) is 0 Å². The average molecular weight is 301 g/mol. The number of hydrogen-bond donors (Lipinski definition) is 2. The predicted octanol–water partition coefficient (Wildman–Crippen LogP) is 2.63. The third-order valence-electron chi connectivity index (χ3n) is 2.63. The monoisotopic (exact) mass is 300 g/mol. The highest BCUT2D eigenvalue weighted by atomic mass is 79.9. The maximum Gasteiger partial charge on any atom is 0.0431 e. The molecule has 0 unspecified atom stereocenters. The Morgan fingerprint density at radius 3 is 2.65 bits per heavy atom. The summed E-state index contributed by atoms with van der Waals surface area (Å²) in [5.74, 6) is 0. The lowest BCUT2D eigenvalue weighted by Crippen LogP contribution is -2.19. The van der Waals surface area contributed by atoms with Crippen LogP contribution in [0, 0.1) is 0 Å². The van der Waals surface area contributed by atoms with Crippen LogP contribution >= 0.6 is 15.9 Å². The fourth-order valence-electron chi connectivity index (χ4n) is 1.83. The summed E-state index contributed by atoms with van der Waals surface area (Å²) in [4.78, 5) is 2.28. The minimum absolute atomic E-state index is 0.297. The standard InChI is InChI=1S/C13H21BrN2O/c1-16(5-3-2-4-6-17)10-11-7-12(14)9-13(15)8-11/h7-9,17H,2-6,10,15H2,1H3. The van der Waals surface area contributed by atoms with E-state index in [0.29, 0.717) is 6.61 Å². The predicted molar refractivity (Wildman–Crippen MR) is 75.8 cm³/mol. The number of benzene rings is 1. The first-order valence-electron chi connectivity index (χ1n) is 5.96.